The molecular weight excluding hydrogens is 462 g/mol. The van der Waals surface area contributed by atoms with E-state index in [9.17, 15) is 14.7 Å². The highest BCUT2D eigenvalue weighted by molar-refractivity contribution is 7.16. The lowest BCUT2D eigenvalue weighted by atomic mass is 10.0. The van der Waals surface area contributed by atoms with Crippen molar-refractivity contribution in [1.29, 1.82) is 0 Å². The van der Waals surface area contributed by atoms with Crippen molar-refractivity contribution >= 4 is 33.8 Å². The minimum atomic E-state index is -1.05. The number of carbonyl (C=O) groups excluding carboxylic acids is 1. The van der Waals surface area contributed by atoms with Gasteiger partial charge in [0.1, 0.15) is 11.2 Å². The van der Waals surface area contributed by atoms with E-state index in [1.54, 1.807) is 46.4 Å². The zero-order valence-electron chi connectivity index (χ0n) is 21.0. The number of nitrogens with zero attached hydrogens (tertiary/aromatic N) is 2. The number of hydrogen-bond acceptors (Lipinski definition) is 6. The molecule has 184 valence electrons. The number of carbonyl (C=O) groups is 1. The maximum absolute atomic E-state index is 12.9. The summed E-state index contributed by atoms with van der Waals surface area (Å²) in [5.41, 5.74) is 4.25. The van der Waals surface area contributed by atoms with Gasteiger partial charge in [0.05, 0.1) is 22.2 Å². The van der Waals surface area contributed by atoms with Crippen LogP contribution in [0.25, 0.3) is 21.3 Å². The van der Waals surface area contributed by atoms with Crippen LogP contribution in [0.4, 0.5) is 5.69 Å². The molecule has 8 nitrogen and oxygen atoms in total. The van der Waals surface area contributed by atoms with Gasteiger partial charge in [-0.15, -0.1) is 11.3 Å². The summed E-state index contributed by atoms with van der Waals surface area (Å²) in [7, 11) is 3.24. The number of pyridine rings is 2. The number of rotatable bonds is 6. The Balaban J connectivity index is 1.93. The van der Waals surface area contributed by atoms with Crippen molar-refractivity contribution in [1.82, 2.24) is 19.9 Å². The van der Waals surface area contributed by atoms with Crippen molar-refractivity contribution in [2.75, 3.05) is 12.4 Å². The van der Waals surface area contributed by atoms with Crippen molar-refractivity contribution in [2.24, 2.45) is 7.05 Å². The predicted octanol–water partition coefficient (Wildman–Crippen LogP) is 4.37. The maximum atomic E-state index is 12.9. The number of hydrogen-bond donors (Lipinski definition) is 4. The molecule has 0 spiro atoms. The van der Waals surface area contributed by atoms with Gasteiger partial charge in [0, 0.05) is 48.0 Å². The number of aromatic nitrogens is 3. The topological polar surface area (TPSA) is 112 Å². The first-order chi connectivity index (χ1) is 16.4. The van der Waals surface area contributed by atoms with Crippen molar-refractivity contribution in [3.8, 4) is 10.4 Å². The molecule has 0 aromatic carbocycles. The van der Waals surface area contributed by atoms with Crippen LogP contribution in [-0.2, 0) is 12.6 Å². The van der Waals surface area contributed by atoms with Gasteiger partial charge in [0.25, 0.3) is 11.5 Å². The van der Waals surface area contributed by atoms with Gasteiger partial charge >= 0.3 is 0 Å². The molecule has 0 fully saturated rings. The Labute approximate surface area is 208 Å². The fourth-order valence-corrected chi connectivity index (χ4v) is 5.58. The van der Waals surface area contributed by atoms with Gasteiger partial charge in [0.15, 0.2) is 0 Å². The molecule has 4 N–H and O–H groups in total. The third kappa shape index (κ3) is 4.49. The van der Waals surface area contributed by atoms with E-state index in [0.29, 0.717) is 16.6 Å². The number of nitrogens with one attached hydrogen (secondary N) is 3. The molecule has 0 aliphatic heterocycles. The second-order valence-electron chi connectivity index (χ2n) is 9.42. The molecule has 0 saturated heterocycles. The van der Waals surface area contributed by atoms with E-state index in [2.05, 4.69) is 34.4 Å². The summed E-state index contributed by atoms with van der Waals surface area (Å²) in [6.07, 6.45) is 3.59. The molecule has 4 aromatic heterocycles. The fourth-order valence-electron chi connectivity index (χ4n) is 4.44. The normalized spacial score (nSPS) is 12.7. The van der Waals surface area contributed by atoms with E-state index in [4.69, 9.17) is 0 Å². The molecule has 1 atom stereocenters. The molecule has 4 aromatic rings. The molecule has 0 aliphatic carbocycles. The lowest BCUT2D eigenvalue weighted by molar-refractivity contribution is 0.0825. The Kier molecular flexibility index (Phi) is 6.33. The predicted molar refractivity (Wildman–Crippen MR) is 141 cm³/mol. The van der Waals surface area contributed by atoms with E-state index >= 15 is 0 Å². The van der Waals surface area contributed by atoms with E-state index in [-0.39, 0.29) is 17.5 Å². The summed E-state index contributed by atoms with van der Waals surface area (Å²) in [6.45, 7) is 9.64. The Morgan fingerprint density at radius 3 is 2.63 bits per heavy atom. The summed E-state index contributed by atoms with van der Waals surface area (Å²) in [5, 5.41) is 17.7. The molecular formula is C26H31N5O3S. The van der Waals surface area contributed by atoms with Gasteiger partial charge in [-0.3, -0.25) is 14.6 Å². The van der Waals surface area contributed by atoms with Crippen LogP contribution in [0.3, 0.4) is 0 Å². The molecule has 1 unspecified atom stereocenters. The molecule has 9 heteroatoms. The molecule has 4 rings (SSSR count). The molecule has 35 heavy (non-hydrogen) atoms. The number of anilines is 1. The summed E-state index contributed by atoms with van der Waals surface area (Å²) >= 11 is 1.46. The average molecular weight is 494 g/mol. The SMILES string of the molecule is CNC(=O)c1cc2c(-c3sc(C(C)(C)O)cc3NC(C)c3c(C)ccnc3C)cn(C)c(=O)c2[nH]1. The van der Waals surface area contributed by atoms with Gasteiger partial charge < -0.3 is 25.3 Å². The van der Waals surface area contributed by atoms with Crippen molar-refractivity contribution in [2.45, 2.75) is 46.3 Å². The quantitative estimate of drug-likeness (QED) is 0.319. The zero-order chi connectivity index (χ0) is 25.7. The Morgan fingerprint density at radius 2 is 2.00 bits per heavy atom. The molecule has 0 aliphatic rings. The van der Waals surface area contributed by atoms with Crippen molar-refractivity contribution in [3.63, 3.8) is 0 Å². The van der Waals surface area contributed by atoms with E-state index in [1.807, 2.05) is 19.1 Å². The third-order valence-corrected chi connectivity index (χ3v) is 7.71. The third-order valence-electron chi connectivity index (χ3n) is 6.23. The van der Waals surface area contributed by atoms with Crippen LogP contribution in [0, 0.1) is 13.8 Å². The standard InChI is InChI=1S/C26H31N5O3S/c1-13-8-9-28-14(2)21(13)15(3)29-18-11-20(26(4,5)34)35-23(18)17-12-31(7)25(33)22-16(17)10-19(30-22)24(32)27-6/h8-12,15,29-30,34H,1-7H3,(H,27,32). The highest BCUT2D eigenvalue weighted by atomic mass is 32.1. The van der Waals surface area contributed by atoms with E-state index in [1.165, 1.54) is 15.9 Å². The Hall–Kier alpha value is -3.43. The number of amides is 1. The number of aromatic amines is 1. The summed E-state index contributed by atoms with van der Waals surface area (Å²) < 4.78 is 1.51. The number of fused-ring (bicyclic) bond motifs is 1. The number of thiophene rings is 1. The zero-order valence-corrected chi connectivity index (χ0v) is 21.8. The summed E-state index contributed by atoms with van der Waals surface area (Å²) in [6, 6.07) is 5.61. The Morgan fingerprint density at radius 1 is 1.29 bits per heavy atom. The fraction of sp³-hybridized carbons (Fsp3) is 0.346. The number of aliphatic hydroxyl groups is 1. The van der Waals surface area contributed by atoms with Crippen LogP contribution in [0.5, 0.6) is 0 Å². The highest BCUT2D eigenvalue weighted by Gasteiger charge is 2.26. The monoisotopic (exact) mass is 493 g/mol. The minimum Gasteiger partial charge on any atom is -0.385 e. The molecule has 1 amide bonds. The van der Waals surface area contributed by atoms with Gasteiger partial charge in [-0.25, -0.2) is 0 Å². The maximum Gasteiger partial charge on any atom is 0.274 e. The van der Waals surface area contributed by atoms with E-state index < -0.39 is 5.60 Å². The summed E-state index contributed by atoms with van der Waals surface area (Å²) in [4.78, 5) is 34.3. The van der Waals surface area contributed by atoms with Crippen LogP contribution in [0.1, 0.15) is 59.0 Å². The van der Waals surface area contributed by atoms with Gasteiger partial charge in [0.2, 0.25) is 0 Å². The van der Waals surface area contributed by atoms with Crippen LogP contribution < -0.4 is 16.2 Å². The summed E-state index contributed by atoms with van der Waals surface area (Å²) in [5.74, 6) is -0.299. The second-order valence-corrected chi connectivity index (χ2v) is 10.5. The van der Waals surface area contributed by atoms with Gasteiger partial charge in [-0.1, -0.05) is 0 Å². The van der Waals surface area contributed by atoms with Gasteiger partial charge in [-0.05, 0) is 63.9 Å². The number of H-pyrrole nitrogens is 1. The van der Waals surface area contributed by atoms with Crippen molar-refractivity contribution in [3.05, 3.63) is 68.3 Å². The first-order valence-corrected chi connectivity index (χ1v) is 12.2. The first kappa shape index (κ1) is 24.7. The van der Waals surface area contributed by atoms with Crippen LogP contribution >= 0.6 is 11.3 Å². The first-order valence-electron chi connectivity index (χ1n) is 11.4. The van der Waals surface area contributed by atoms with Crippen LogP contribution in [0.2, 0.25) is 0 Å². The second kappa shape index (κ2) is 8.98. The highest BCUT2D eigenvalue weighted by Crippen LogP contribution is 2.44. The molecule has 0 bridgehead atoms. The molecule has 0 radical (unpaired) electrons. The minimum absolute atomic E-state index is 0.0533. The van der Waals surface area contributed by atoms with Crippen LogP contribution in [0.15, 0.2) is 35.4 Å². The van der Waals surface area contributed by atoms with Gasteiger partial charge in [-0.2, -0.15) is 0 Å². The van der Waals surface area contributed by atoms with Crippen LogP contribution in [-0.4, -0.2) is 32.6 Å². The molecule has 4 heterocycles. The lowest BCUT2D eigenvalue weighted by Crippen LogP contribution is -2.19. The van der Waals surface area contributed by atoms with Crippen molar-refractivity contribution < 1.29 is 9.90 Å². The number of aryl methyl sites for hydroxylation is 3. The molecule has 0 saturated carbocycles. The largest absolute Gasteiger partial charge is 0.385 e. The van der Waals surface area contributed by atoms with E-state index in [0.717, 1.165) is 37.8 Å². The lowest BCUT2D eigenvalue weighted by Gasteiger charge is -2.20. The Bertz CT molecular complexity index is 1470. The smallest absolute Gasteiger partial charge is 0.274 e. The average Bonchev–Trinajstić information content (AvgIpc) is 3.41.